The Labute approximate surface area is 161 Å². The molecule has 0 aromatic carbocycles. The molecule has 3 aromatic heterocycles. The zero-order chi connectivity index (χ0) is 19.8. The van der Waals surface area contributed by atoms with Crippen LogP contribution in [0.3, 0.4) is 0 Å². The zero-order valence-corrected chi connectivity index (χ0v) is 15.7. The van der Waals surface area contributed by atoms with Crippen LogP contribution in [0.4, 0.5) is 13.2 Å². The molecule has 3 heterocycles. The Bertz CT molecular complexity index is 1060. The first-order chi connectivity index (χ1) is 12.8. The molecule has 0 saturated heterocycles. The normalized spacial score (nSPS) is 11.7. The molecule has 27 heavy (non-hydrogen) atoms. The van der Waals surface area contributed by atoms with Crippen molar-refractivity contribution in [1.82, 2.24) is 24.8 Å². The summed E-state index contributed by atoms with van der Waals surface area (Å²) in [7, 11) is 0. The van der Waals surface area contributed by atoms with Crippen LogP contribution in [0.1, 0.15) is 36.2 Å². The van der Waals surface area contributed by atoms with Gasteiger partial charge in [-0.05, 0) is 36.2 Å². The number of aromatic nitrogens is 5. The van der Waals surface area contributed by atoms with E-state index >= 15 is 0 Å². The van der Waals surface area contributed by atoms with Crippen molar-refractivity contribution in [2.24, 2.45) is 0 Å². The van der Waals surface area contributed by atoms with Crippen LogP contribution >= 0.6 is 23.4 Å². The van der Waals surface area contributed by atoms with Gasteiger partial charge in [0.2, 0.25) is 5.16 Å². The smallest absolute Gasteiger partial charge is 0.275 e. The zero-order valence-electron chi connectivity index (χ0n) is 14.2. The lowest BCUT2D eigenvalue weighted by atomic mass is 10.1. The summed E-state index contributed by atoms with van der Waals surface area (Å²) in [5, 5.41) is 25.6. The highest BCUT2D eigenvalue weighted by Gasteiger charge is 2.32. The Morgan fingerprint density at radius 3 is 2.52 bits per heavy atom. The number of fused-ring (bicyclic) bond motifs is 1. The minimum atomic E-state index is -4.57. The maximum Gasteiger partial charge on any atom is 0.417 e. The SMILES string of the molecule is CCc1nnc(Sc2nnc3c(Cl)cc(C(F)(F)F)cn23)c(C#N)c1CC. The number of rotatable bonds is 4. The van der Waals surface area contributed by atoms with E-state index in [-0.39, 0.29) is 20.9 Å². The summed E-state index contributed by atoms with van der Waals surface area (Å²) < 4.78 is 40.4. The highest BCUT2D eigenvalue weighted by molar-refractivity contribution is 7.99. The summed E-state index contributed by atoms with van der Waals surface area (Å²) in [6.45, 7) is 3.80. The Morgan fingerprint density at radius 2 is 1.93 bits per heavy atom. The molecular formula is C16H12ClF3N6S. The topological polar surface area (TPSA) is 79.8 Å². The van der Waals surface area contributed by atoms with Crippen molar-refractivity contribution in [3.05, 3.63) is 39.7 Å². The second-order valence-electron chi connectivity index (χ2n) is 5.48. The molecule has 0 unspecified atom stereocenters. The van der Waals surface area contributed by atoms with Gasteiger partial charge in [0, 0.05) is 6.20 Å². The minimum absolute atomic E-state index is 0.0829. The lowest BCUT2D eigenvalue weighted by Gasteiger charge is -2.10. The van der Waals surface area contributed by atoms with E-state index in [9.17, 15) is 18.4 Å². The molecule has 6 nitrogen and oxygen atoms in total. The number of hydrogen-bond donors (Lipinski definition) is 0. The van der Waals surface area contributed by atoms with E-state index in [0.29, 0.717) is 24.1 Å². The van der Waals surface area contributed by atoms with Crippen molar-refractivity contribution in [3.63, 3.8) is 0 Å². The first-order valence-electron chi connectivity index (χ1n) is 7.87. The fourth-order valence-electron chi connectivity index (χ4n) is 2.59. The van der Waals surface area contributed by atoms with Gasteiger partial charge in [0.1, 0.15) is 11.1 Å². The molecule has 3 rings (SSSR count). The largest absolute Gasteiger partial charge is 0.417 e. The van der Waals surface area contributed by atoms with Gasteiger partial charge in [-0.25, -0.2) is 0 Å². The molecule has 0 radical (unpaired) electrons. The van der Waals surface area contributed by atoms with Gasteiger partial charge in [-0.15, -0.1) is 15.3 Å². The number of pyridine rings is 1. The standard InChI is InChI=1S/C16H12ClF3N6S/c1-3-9-10(6-21)14(24-22-12(9)4-2)27-15-25-23-13-11(17)5-8(7-26(13)15)16(18,19)20/h5,7H,3-4H2,1-2H3. The van der Waals surface area contributed by atoms with Crippen LogP contribution in [0.2, 0.25) is 5.02 Å². The Hall–Kier alpha value is -2.38. The molecule has 0 aliphatic carbocycles. The Morgan fingerprint density at radius 1 is 1.19 bits per heavy atom. The van der Waals surface area contributed by atoms with Gasteiger partial charge in [0.05, 0.1) is 21.8 Å². The quantitative estimate of drug-likeness (QED) is 0.634. The van der Waals surface area contributed by atoms with Crippen molar-refractivity contribution >= 4 is 29.0 Å². The average molecular weight is 413 g/mol. The third-order valence-corrected chi connectivity index (χ3v) is 5.09. The molecule has 11 heteroatoms. The first kappa shape index (κ1) is 19.4. The van der Waals surface area contributed by atoms with E-state index in [1.807, 2.05) is 13.8 Å². The molecule has 0 aliphatic heterocycles. The van der Waals surface area contributed by atoms with Crippen LogP contribution in [0.15, 0.2) is 22.4 Å². The molecule has 0 N–H and O–H groups in total. The molecule has 0 amide bonds. The van der Waals surface area contributed by atoms with Gasteiger partial charge in [0.15, 0.2) is 5.65 Å². The number of halogens is 4. The molecule has 0 aliphatic rings. The summed E-state index contributed by atoms with van der Waals surface area (Å²) in [6, 6.07) is 2.91. The number of alkyl halides is 3. The van der Waals surface area contributed by atoms with E-state index in [4.69, 9.17) is 11.6 Å². The van der Waals surface area contributed by atoms with Gasteiger partial charge in [-0.2, -0.15) is 23.5 Å². The first-order valence-corrected chi connectivity index (χ1v) is 9.07. The van der Waals surface area contributed by atoms with Crippen molar-refractivity contribution < 1.29 is 13.2 Å². The Balaban J connectivity index is 2.13. The predicted octanol–water partition coefficient (Wildman–Crippen LogP) is 4.34. The summed E-state index contributed by atoms with van der Waals surface area (Å²) in [5.41, 5.74) is 0.972. The van der Waals surface area contributed by atoms with Crippen LogP contribution in [0.25, 0.3) is 5.65 Å². The summed E-state index contributed by atoms with van der Waals surface area (Å²) in [5.74, 6) is 0. The van der Waals surface area contributed by atoms with Crippen molar-refractivity contribution in [1.29, 1.82) is 5.26 Å². The molecule has 0 atom stereocenters. The highest BCUT2D eigenvalue weighted by atomic mass is 35.5. The van der Waals surface area contributed by atoms with Gasteiger partial charge < -0.3 is 0 Å². The van der Waals surface area contributed by atoms with Crippen LogP contribution in [-0.2, 0) is 19.0 Å². The Kier molecular flexibility index (Phi) is 5.26. The van der Waals surface area contributed by atoms with Crippen LogP contribution in [0, 0.1) is 11.3 Å². The van der Waals surface area contributed by atoms with Crippen LogP contribution in [0.5, 0.6) is 0 Å². The lowest BCUT2D eigenvalue weighted by molar-refractivity contribution is -0.137. The second kappa shape index (κ2) is 7.32. The molecule has 3 aromatic rings. The second-order valence-corrected chi connectivity index (χ2v) is 6.84. The van der Waals surface area contributed by atoms with E-state index in [1.54, 1.807) is 0 Å². The van der Waals surface area contributed by atoms with Gasteiger partial charge in [-0.1, -0.05) is 25.4 Å². The monoisotopic (exact) mass is 412 g/mol. The van der Waals surface area contributed by atoms with Gasteiger partial charge >= 0.3 is 6.18 Å². The van der Waals surface area contributed by atoms with Crippen molar-refractivity contribution in [2.45, 2.75) is 43.0 Å². The summed E-state index contributed by atoms with van der Waals surface area (Å²) in [4.78, 5) is 0. The number of nitriles is 1. The maximum atomic E-state index is 13.1. The van der Waals surface area contributed by atoms with E-state index in [2.05, 4.69) is 26.5 Å². The summed E-state index contributed by atoms with van der Waals surface area (Å²) >= 11 is 6.84. The van der Waals surface area contributed by atoms with E-state index < -0.39 is 11.7 Å². The molecule has 0 fully saturated rings. The number of nitrogens with zero attached hydrogens (tertiary/aromatic N) is 6. The predicted molar refractivity (Wildman–Crippen MR) is 92.6 cm³/mol. The number of aryl methyl sites for hydroxylation is 1. The molecule has 0 spiro atoms. The number of hydrogen-bond acceptors (Lipinski definition) is 6. The molecular weight excluding hydrogens is 401 g/mol. The molecule has 0 bridgehead atoms. The molecule has 0 saturated carbocycles. The van der Waals surface area contributed by atoms with Crippen molar-refractivity contribution in [3.8, 4) is 6.07 Å². The lowest BCUT2D eigenvalue weighted by Crippen LogP contribution is -2.07. The third-order valence-electron chi connectivity index (χ3n) is 3.87. The maximum absolute atomic E-state index is 13.1. The van der Waals surface area contributed by atoms with Crippen molar-refractivity contribution in [2.75, 3.05) is 0 Å². The fraction of sp³-hybridized carbons (Fsp3) is 0.312. The average Bonchev–Trinajstić information content (AvgIpc) is 3.03. The van der Waals surface area contributed by atoms with Crippen LogP contribution < -0.4 is 0 Å². The van der Waals surface area contributed by atoms with E-state index in [1.165, 1.54) is 0 Å². The highest BCUT2D eigenvalue weighted by Crippen LogP contribution is 2.35. The minimum Gasteiger partial charge on any atom is -0.275 e. The van der Waals surface area contributed by atoms with Crippen LogP contribution in [-0.4, -0.2) is 24.8 Å². The summed E-state index contributed by atoms with van der Waals surface area (Å²) in [6.07, 6.45) is -2.50. The fourth-order valence-corrected chi connectivity index (χ4v) is 3.68. The molecule has 140 valence electrons. The van der Waals surface area contributed by atoms with Gasteiger partial charge in [0.25, 0.3) is 0 Å². The van der Waals surface area contributed by atoms with Gasteiger partial charge in [-0.3, -0.25) is 4.40 Å². The third kappa shape index (κ3) is 3.57. The van der Waals surface area contributed by atoms with E-state index in [0.717, 1.165) is 34.0 Å².